The second-order valence-corrected chi connectivity index (χ2v) is 8.98. The average Bonchev–Trinajstić information content (AvgIpc) is 3.05. The first kappa shape index (κ1) is 21.1. The molecule has 5 nitrogen and oxygen atoms in total. The van der Waals surface area contributed by atoms with Crippen LogP contribution < -0.4 is 0 Å². The topological polar surface area (TPSA) is 53.4 Å². The van der Waals surface area contributed by atoms with Crippen molar-refractivity contribution >= 4 is 34.6 Å². The van der Waals surface area contributed by atoms with Gasteiger partial charge in [-0.1, -0.05) is 40.2 Å². The molecular weight excluding hydrogens is 453 g/mol. The molecule has 9 heteroatoms. The maximum absolute atomic E-state index is 15.0. The van der Waals surface area contributed by atoms with E-state index in [2.05, 4.69) is 20.9 Å². The van der Waals surface area contributed by atoms with Crippen LogP contribution in [0.25, 0.3) is 11.0 Å². The molecule has 1 aromatic heterocycles. The third kappa shape index (κ3) is 3.92. The standard InChI is InChI=1S/C19H20BrF2N2O3P/c1-3-26-28(25,27-4-2)19(21,22)15-10-9-14(11-16(15)20)12-24-13-23-17-7-5-6-8-18(17)24/h5-11,13H,3-4,12H2,1-2H3. The lowest BCUT2D eigenvalue weighted by Gasteiger charge is -2.26. The summed E-state index contributed by atoms with van der Waals surface area (Å²) >= 11 is 3.19. The van der Waals surface area contributed by atoms with Crippen molar-refractivity contribution in [2.24, 2.45) is 0 Å². The van der Waals surface area contributed by atoms with E-state index in [-0.39, 0.29) is 17.7 Å². The summed E-state index contributed by atoms with van der Waals surface area (Å²) in [6, 6.07) is 12.1. The van der Waals surface area contributed by atoms with E-state index in [1.807, 2.05) is 28.8 Å². The van der Waals surface area contributed by atoms with Gasteiger partial charge in [0.25, 0.3) is 0 Å². The third-order valence-electron chi connectivity index (χ3n) is 4.18. The fraction of sp³-hybridized carbons (Fsp3) is 0.316. The second kappa shape index (κ2) is 8.41. The Morgan fingerprint density at radius 2 is 1.82 bits per heavy atom. The molecule has 0 bridgehead atoms. The number of hydrogen-bond donors (Lipinski definition) is 0. The molecule has 0 saturated heterocycles. The minimum atomic E-state index is -4.65. The summed E-state index contributed by atoms with van der Waals surface area (Å²) in [6.07, 6.45) is 1.71. The predicted molar refractivity (Wildman–Crippen MR) is 108 cm³/mol. The van der Waals surface area contributed by atoms with Crippen LogP contribution in [0.1, 0.15) is 25.0 Å². The zero-order chi connectivity index (χ0) is 20.4. The van der Waals surface area contributed by atoms with Gasteiger partial charge in [0.15, 0.2) is 0 Å². The van der Waals surface area contributed by atoms with Crippen molar-refractivity contribution in [3.63, 3.8) is 0 Å². The summed E-state index contributed by atoms with van der Waals surface area (Å²) in [5.74, 6) is 0. The number of hydrogen-bond acceptors (Lipinski definition) is 4. The van der Waals surface area contributed by atoms with Crippen LogP contribution in [-0.2, 0) is 25.8 Å². The molecule has 0 atom stereocenters. The molecule has 0 aliphatic carbocycles. The molecule has 3 rings (SSSR count). The number of imidazole rings is 1. The Morgan fingerprint density at radius 1 is 1.14 bits per heavy atom. The zero-order valence-corrected chi connectivity index (χ0v) is 17.9. The average molecular weight is 473 g/mol. The molecule has 0 amide bonds. The van der Waals surface area contributed by atoms with Gasteiger partial charge in [0, 0.05) is 16.6 Å². The van der Waals surface area contributed by atoms with E-state index >= 15 is 0 Å². The van der Waals surface area contributed by atoms with Crippen LogP contribution in [-0.4, -0.2) is 22.8 Å². The summed E-state index contributed by atoms with van der Waals surface area (Å²) in [5, 5.41) is 0. The molecule has 0 spiro atoms. The van der Waals surface area contributed by atoms with Gasteiger partial charge in [-0.25, -0.2) is 4.98 Å². The Bertz CT molecular complexity index is 1020. The Labute approximate surface area is 170 Å². The summed E-state index contributed by atoms with van der Waals surface area (Å²) in [4.78, 5) is 4.33. The molecule has 0 radical (unpaired) electrons. The molecule has 3 aromatic rings. The quantitative estimate of drug-likeness (QED) is 0.368. The van der Waals surface area contributed by atoms with Crippen LogP contribution in [0, 0.1) is 0 Å². The summed E-state index contributed by atoms with van der Waals surface area (Å²) in [5.41, 5.74) is -1.61. The van der Waals surface area contributed by atoms with Crippen molar-refractivity contribution in [3.8, 4) is 0 Å². The van der Waals surface area contributed by atoms with E-state index < -0.39 is 18.8 Å². The normalized spacial score (nSPS) is 12.6. The summed E-state index contributed by atoms with van der Waals surface area (Å²) < 4.78 is 54.4. The number of nitrogens with zero attached hydrogens (tertiary/aromatic N) is 2. The Morgan fingerprint density at radius 3 is 2.46 bits per heavy atom. The van der Waals surface area contributed by atoms with Crippen LogP contribution in [0.3, 0.4) is 0 Å². The number of fused-ring (bicyclic) bond motifs is 1. The van der Waals surface area contributed by atoms with E-state index in [9.17, 15) is 13.3 Å². The number of rotatable bonds is 8. The first-order valence-corrected chi connectivity index (χ1v) is 11.1. The molecule has 28 heavy (non-hydrogen) atoms. The van der Waals surface area contributed by atoms with Crippen LogP contribution in [0.4, 0.5) is 8.78 Å². The van der Waals surface area contributed by atoms with Gasteiger partial charge < -0.3 is 13.6 Å². The maximum atomic E-state index is 15.0. The summed E-state index contributed by atoms with van der Waals surface area (Å²) in [6.45, 7) is 3.16. The lowest BCUT2D eigenvalue weighted by Crippen LogP contribution is -2.19. The van der Waals surface area contributed by atoms with Crippen molar-refractivity contribution in [2.45, 2.75) is 26.1 Å². The largest absolute Gasteiger partial charge is 0.404 e. The Hall–Kier alpha value is -1.60. The minimum absolute atomic E-state index is 0.138. The molecule has 1 heterocycles. The molecule has 0 unspecified atom stereocenters. The molecule has 0 saturated carbocycles. The monoisotopic (exact) mass is 472 g/mol. The SMILES string of the molecule is CCOP(=O)(OCC)C(F)(F)c1ccc(Cn2cnc3ccccc32)cc1Br. The first-order chi connectivity index (χ1) is 13.3. The number of halogens is 3. The van der Waals surface area contributed by atoms with Crippen molar-refractivity contribution in [2.75, 3.05) is 13.2 Å². The smallest absolute Gasteiger partial charge is 0.326 e. The van der Waals surface area contributed by atoms with Gasteiger partial charge in [-0.05, 0) is 37.6 Å². The molecule has 0 N–H and O–H groups in total. The highest BCUT2D eigenvalue weighted by molar-refractivity contribution is 9.10. The van der Waals surface area contributed by atoms with Gasteiger partial charge in [0.2, 0.25) is 0 Å². The molecular formula is C19H20BrF2N2O3P. The van der Waals surface area contributed by atoms with Crippen LogP contribution >= 0.6 is 23.5 Å². The first-order valence-electron chi connectivity index (χ1n) is 8.78. The minimum Gasteiger partial charge on any atom is -0.326 e. The van der Waals surface area contributed by atoms with Gasteiger partial charge in [-0.2, -0.15) is 8.78 Å². The highest BCUT2D eigenvalue weighted by Crippen LogP contribution is 2.67. The predicted octanol–water partition coefficient (Wildman–Crippen LogP) is 6.16. The third-order valence-corrected chi connectivity index (χ3v) is 6.96. The second-order valence-electron chi connectivity index (χ2n) is 6.05. The van der Waals surface area contributed by atoms with E-state index in [1.54, 1.807) is 18.5 Å². The Kier molecular flexibility index (Phi) is 6.34. The van der Waals surface area contributed by atoms with Crippen LogP contribution in [0.5, 0.6) is 0 Å². The molecule has 0 aliphatic heterocycles. The molecule has 2 aromatic carbocycles. The van der Waals surface area contributed by atoms with Crippen LogP contribution in [0.15, 0.2) is 53.3 Å². The number of aromatic nitrogens is 2. The molecule has 150 valence electrons. The summed E-state index contributed by atoms with van der Waals surface area (Å²) in [7, 11) is -4.65. The number of benzene rings is 2. The molecule has 0 fully saturated rings. The fourth-order valence-corrected chi connectivity index (χ4v) is 5.32. The van der Waals surface area contributed by atoms with Gasteiger partial charge in [-0.3, -0.25) is 4.57 Å². The van der Waals surface area contributed by atoms with Gasteiger partial charge >= 0.3 is 13.3 Å². The zero-order valence-electron chi connectivity index (χ0n) is 15.4. The van der Waals surface area contributed by atoms with E-state index in [0.717, 1.165) is 16.6 Å². The number of alkyl halides is 2. The van der Waals surface area contributed by atoms with Crippen LogP contribution in [0.2, 0.25) is 0 Å². The van der Waals surface area contributed by atoms with Crippen molar-refractivity contribution < 1.29 is 22.4 Å². The fourth-order valence-electron chi connectivity index (χ4n) is 2.92. The highest BCUT2D eigenvalue weighted by Gasteiger charge is 2.55. The van der Waals surface area contributed by atoms with E-state index in [4.69, 9.17) is 9.05 Å². The highest BCUT2D eigenvalue weighted by atomic mass is 79.9. The van der Waals surface area contributed by atoms with Crippen molar-refractivity contribution in [1.82, 2.24) is 9.55 Å². The molecule has 0 aliphatic rings. The van der Waals surface area contributed by atoms with Crippen molar-refractivity contribution in [3.05, 3.63) is 64.4 Å². The Balaban J connectivity index is 1.92. The lowest BCUT2D eigenvalue weighted by molar-refractivity contribution is 0.0354. The number of para-hydroxylation sites is 2. The van der Waals surface area contributed by atoms with E-state index in [0.29, 0.717) is 6.54 Å². The van der Waals surface area contributed by atoms with Gasteiger partial charge in [-0.15, -0.1) is 0 Å². The van der Waals surface area contributed by atoms with Gasteiger partial charge in [0.05, 0.1) is 30.6 Å². The maximum Gasteiger partial charge on any atom is 0.404 e. The van der Waals surface area contributed by atoms with E-state index in [1.165, 1.54) is 19.9 Å². The van der Waals surface area contributed by atoms with Gasteiger partial charge in [0.1, 0.15) is 0 Å². The lowest BCUT2D eigenvalue weighted by atomic mass is 10.1. The van der Waals surface area contributed by atoms with Crippen molar-refractivity contribution in [1.29, 1.82) is 0 Å².